The maximum absolute atomic E-state index is 3.56. The number of benzene rings is 1. The Labute approximate surface area is 189 Å². The molecule has 0 N–H and O–H groups in total. The molecule has 0 atom stereocenters. The van der Waals surface area contributed by atoms with Crippen LogP contribution in [-0.2, 0) is 0 Å². The van der Waals surface area contributed by atoms with Gasteiger partial charge in [-0.05, 0) is 33.6 Å². The summed E-state index contributed by atoms with van der Waals surface area (Å²) in [5.41, 5.74) is 3.84. The Bertz CT molecular complexity index is 322. The lowest BCUT2D eigenvalue weighted by Crippen LogP contribution is -1.91. The van der Waals surface area contributed by atoms with E-state index in [1.165, 1.54) is 48.8 Å². The first-order valence-corrected chi connectivity index (χ1v) is 12.4. The van der Waals surface area contributed by atoms with Crippen LogP contribution in [-0.4, -0.2) is 0 Å². The van der Waals surface area contributed by atoms with Crippen LogP contribution in [0.4, 0.5) is 0 Å². The van der Waals surface area contributed by atoms with E-state index in [0.29, 0.717) is 0 Å². The maximum atomic E-state index is 3.56. The number of rotatable bonds is 4. The van der Waals surface area contributed by atoms with E-state index in [2.05, 4.69) is 79.3 Å². The molecule has 0 spiro atoms. The highest BCUT2D eigenvalue weighted by atomic mass is 14.0. The van der Waals surface area contributed by atoms with Crippen molar-refractivity contribution in [3.8, 4) is 0 Å². The van der Waals surface area contributed by atoms with Crippen molar-refractivity contribution in [1.29, 1.82) is 0 Å². The predicted molar refractivity (Wildman–Crippen MR) is 145 cm³/mol. The van der Waals surface area contributed by atoms with E-state index in [1.54, 1.807) is 0 Å². The molecule has 1 aromatic carbocycles. The van der Waals surface area contributed by atoms with Crippen molar-refractivity contribution in [3.63, 3.8) is 0 Å². The molecule has 0 amide bonds. The molecule has 0 heteroatoms. The van der Waals surface area contributed by atoms with Gasteiger partial charge in [-0.3, -0.25) is 0 Å². The molecule has 0 radical (unpaired) electrons. The Morgan fingerprint density at radius 1 is 0.759 bits per heavy atom. The van der Waals surface area contributed by atoms with E-state index in [0.717, 1.165) is 5.92 Å². The van der Waals surface area contributed by atoms with E-state index in [4.69, 9.17) is 0 Å². The fourth-order valence-corrected chi connectivity index (χ4v) is 1.94. The number of aryl methyl sites for hydroxylation is 2. The summed E-state index contributed by atoms with van der Waals surface area (Å²) < 4.78 is 0. The van der Waals surface area contributed by atoms with Gasteiger partial charge in [0.25, 0.3) is 0 Å². The highest BCUT2D eigenvalue weighted by Crippen LogP contribution is 2.10. The van der Waals surface area contributed by atoms with Crippen LogP contribution in [0.25, 0.3) is 0 Å². The second kappa shape index (κ2) is 45.6. The molecule has 0 aromatic heterocycles. The monoisotopic (exact) mass is 410 g/mol. The first-order chi connectivity index (χ1) is 13.7. The first-order valence-electron chi connectivity index (χ1n) is 12.4. The molecule has 0 aliphatic rings. The second-order valence-corrected chi connectivity index (χ2v) is 6.75. The fourth-order valence-electron chi connectivity index (χ4n) is 1.94. The van der Waals surface area contributed by atoms with E-state index < -0.39 is 0 Å². The minimum atomic E-state index is 0.963. The quantitative estimate of drug-likeness (QED) is 0.433. The van der Waals surface area contributed by atoms with E-state index >= 15 is 0 Å². The highest BCUT2D eigenvalue weighted by Gasteiger charge is 1.95. The van der Waals surface area contributed by atoms with Gasteiger partial charge in [-0.15, -0.1) is 6.58 Å². The van der Waals surface area contributed by atoms with Gasteiger partial charge in [-0.2, -0.15) is 0 Å². The molecular weight excluding hydrogens is 348 g/mol. The van der Waals surface area contributed by atoms with Crippen molar-refractivity contribution in [2.24, 2.45) is 5.92 Å². The summed E-state index contributed by atoms with van der Waals surface area (Å²) in [7, 11) is 0. The molecular formula is C29H62. The third-order valence-electron chi connectivity index (χ3n) is 2.74. The second-order valence-electron chi connectivity index (χ2n) is 6.75. The zero-order valence-electron chi connectivity index (χ0n) is 23.6. The number of allylic oxidation sites excluding steroid dienone is 1. The van der Waals surface area contributed by atoms with Crippen molar-refractivity contribution in [2.75, 3.05) is 0 Å². The number of hydrogen-bond donors (Lipinski definition) is 0. The Kier molecular flexibility index (Phi) is 66.3. The zero-order chi connectivity index (χ0) is 24.7. The summed E-state index contributed by atoms with van der Waals surface area (Å²) in [6, 6.07) is 8.45. The van der Waals surface area contributed by atoms with E-state index in [9.17, 15) is 0 Å². The van der Waals surface area contributed by atoms with Crippen LogP contribution in [0, 0.1) is 19.8 Å². The van der Waals surface area contributed by atoms with Crippen LogP contribution in [0.1, 0.15) is 133 Å². The molecule has 1 rings (SSSR count). The summed E-state index contributed by atoms with van der Waals surface area (Å²) >= 11 is 0. The van der Waals surface area contributed by atoms with Gasteiger partial charge in [0.05, 0.1) is 0 Å². The van der Waals surface area contributed by atoms with Crippen molar-refractivity contribution < 1.29 is 0 Å². The van der Waals surface area contributed by atoms with Gasteiger partial charge in [0.2, 0.25) is 0 Å². The molecule has 0 saturated carbocycles. The molecule has 0 unspecified atom stereocenters. The Morgan fingerprint density at radius 2 is 1.00 bits per heavy atom. The average Bonchev–Trinajstić information content (AvgIpc) is 2.68. The van der Waals surface area contributed by atoms with Crippen molar-refractivity contribution in [2.45, 2.75) is 136 Å². The molecule has 0 nitrogen and oxygen atoms in total. The van der Waals surface area contributed by atoms with Gasteiger partial charge in [0, 0.05) is 0 Å². The smallest absolute Gasteiger partial charge is 0.0398 e. The SMILES string of the molecule is C=C(C)C.CC.CC.CC.CCC.CCCC(C)CCC.Cc1cccc(C)c1. The topological polar surface area (TPSA) is 0 Å². The molecule has 0 aliphatic carbocycles. The van der Waals surface area contributed by atoms with Crippen molar-refractivity contribution in [3.05, 3.63) is 47.5 Å². The standard InChI is InChI=1S/C8H10.C8H18.C4H8.C3H8.3C2H6/c1-7-4-3-5-8(2)6-7;1-4-6-8(3)7-5-2;1-4(2)3;1-3-2;3*1-2/h3-6H,1-2H3;8H,4-7H2,1-3H3;1H2,2-3H3;3H2,1-2H3;3*1-2H3. The molecule has 0 saturated heterocycles. The van der Waals surface area contributed by atoms with Gasteiger partial charge in [0.1, 0.15) is 0 Å². The van der Waals surface area contributed by atoms with E-state index in [-0.39, 0.29) is 0 Å². The zero-order valence-corrected chi connectivity index (χ0v) is 23.6. The summed E-state index contributed by atoms with van der Waals surface area (Å²) in [4.78, 5) is 0. The summed E-state index contributed by atoms with van der Waals surface area (Å²) in [5.74, 6) is 0.963. The fraction of sp³-hybridized carbons (Fsp3) is 0.724. The van der Waals surface area contributed by atoms with Crippen LogP contribution in [0.3, 0.4) is 0 Å². The Balaban J connectivity index is -0.0000000588. The van der Waals surface area contributed by atoms with Gasteiger partial charge < -0.3 is 0 Å². The van der Waals surface area contributed by atoms with Crippen LogP contribution >= 0.6 is 0 Å². The van der Waals surface area contributed by atoms with Gasteiger partial charge in [0.15, 0.2) is 0 Å². The average molecular weight is 411 g/mol. The lowest BCUT2D eigenvalue weighted by molar-refractivity contribution is 0.480. The van der Waals surface area contributed by atoms with Crippen LogP contribution in [0.2, 0.25) is 0 Å². The molecule has 178 valence electrons. The summed E-state index contributed by atoms with van der Waals surface area (Å²) in [6.07, 6.45) is 6.77. The van der Waals surface area contributed by atoms with Crippen molar-refractivity contribution in [1.82, 2.24) is 0 Å². The third-order valence-corrected chi connectivity index (χ3v) is 2.74. The Morgan fingerprint density at radius 3 is 1.14 bits per heavy atom. The third kappa shape index (κ3) is 75.0. The Hall–Kier alpha value is -1.04. The van der Waals surface area contributed by atoms with Crippen LogP contribution < -0.4 is 0 Å². The molecule has 29 heavy (non-hydrogen) atoms. The van der Waals surface area contributed by atoms with Crippen LogP contribution in [0.5, 0.6) is 0 Å². The lowest BCUT2D eigenvalue weighted by Gasteiger charge is -2.05. The summed E-state index contributed by atoms with van der Waals surface area (Å²) in [5, 5.41) is 0. The minimum Gasteiger partial charge on any atom is -0.100 e. The molecule has 1 aromatic rings. The van der Waals surface area contributed by atoms with Crippen molar-refractivity contribution >= 4 is 0 Å². The summed E-state index contributed by atoms with van der Waals surface area (Å²) in [6.45, 7) is 34.8. The normalized spacial score (nSPS) is 7.59. The first kappa shape index (κ1) is 42.1. The molecule has 0 heterocycles. The van der Waals surface area contributed by atoms with Gasteiger partial charge in [-0.1, -0.05) is 149 Å². The largest absolute Gasteiger partial charge is 0.100 e. The highest BCUT2D eigenvalue weighted by molar-refractivity contribution is 5.20. The maximum Gasteiger partial charge on any atom is -0.0398 e. The van der Waals surface area contributed by atoms with Gasteiger partial charge >= 0.3 is 0 Å². The van der Waals surface area contributed by atoms with E-state index in [1.807, 2.05) is 55.4 Å². The van der Waals surface area contributed by atoms with Gasteiger partial charge in [-0.25, -0.2) is 0 Å². The number of hydrogen-bond acceptors (Lipinski definition) is 0. The van der Waals surface area contributed by atoms with Crippen LogP contribution in [0.15, 0.2) is 36.4 Å². The predicted octanol–water partition coefficient (Wildman–Crippen LogP) is 11.6. The molecule has 0 bridgehead atoms. The molecule has 0 fully saturated rings. The minimum absolute atomic E-state index is 0.963. The molecule has 0 aliphatic heterocycles. The lowest BCUT2D eigenvalue weighted by atomic mass is 10.0.